The van der Waals surface area contributed by atoms with Gasteiger partial charge >= 0.3 is 0 Å². The van der Waals surface area contributed by atoms with Crippen LogP contribution in [-0.4, -0.2) is 60.6 Å². The first-order chi connectivity index (χ1) is 9.53. The van der Waals surface area contributed by atoms with Gasteiger partial charge in [0.2, 0.25) is 0 Å². The van der Waals surface area contributed by atoms with Crippen molar-refractivity contribution in [1.29, 1.82) is 0 Å². The fourth-order valence-corrected chi connectivity index (χ4v) is 5.22. The van der Waals surface area contributed by atoms with Crippen LogP contribution in [0.15, 0.2) is 0 Å². The van der Waals surface area contributed by atoms with Crippen molar-refractivity contribution in [3.8, 4) is 0 Å². The summed E-state index contributed by atoms with van der Waals surface area (Å²) in [5, 5.41) is 3.67. The van der Waals surface area contributed by atoms with Crippen LogP contribution >= 0.6 is 0 Å². The lowest BCUT2D eigenvalue weighted by Gasteiger charge is -2.53. The van der Waals surface area contributed by atoms with E-state index in [2.05, 4.69) is 42.9 Å². The number of rotatable bonds is 2. The van der Waals surface area contributed by atoms with Gasteiger partial charge in [-0.3, -0.25) is 9.80 Å². The monoisotopic (exact) mass is 279 g/mol. The quantitative estimate of drug-likeness (QED) is 0.837. The molecule has 2 aliphatic heterocycles. The van der Waals surface area contributed by atoms with Gasteiger partial charge in [-0.1, -0.05) is 20.3 Å². The van der Waals surface area contributed by atoms with Crippen LogP contribution in [-0.2, 0) is 0 Å². The minimum atomic E-state index is 0.435. The van der Waals surface area contributed by atoms with Gasteiger partial charge in [-0.2, -0.15) is 0 Å². The van der Waals surface area contributed by atoms with Crippen LogP contribution in [0.4, 0.5) is 0 Å². The first-order valence-corrected chi connectivity index (χ1v) is 8.70. The lowest BCUT2D eigenvalue weighted by molar-refractivity contribution is -0.0215. The average Bonchev–Trinajstić information content (AvgIpc) is 2.83. The number of fused-ring (bicyclic) bond motifs is 1. The maximum Gasteiger partial charge on any atom is 0.0271 e. The van der Waals surface area contributed by atoms with Crippen molar-refractivity contribution < 1.29 is 0 Å². The third-order valence-corrected chi connectivity index (χ3v) is 6.27. The van der Waals surface area contributed by atoms with E-state index in [1.807, 2.05) is 0 Å². The molecule has 3 fully saturated rings. The lowest BCUT2D eigenvalue weighted by atomic mass is 9.70. The van der Waals surface area contributed by atoms with Crippen LogP contribution in [0.2, 0.25) is 0 Å². The lowest BCUT2D eigenvalue weighted by Crippen LogP contribution is -2.65. The van der Waals surface area contributed by atoms with Gasteiger partial charge in [0, 0.05) is 37.3 Å². The van der Waals surface area contributed by atoms with Crippen molar-refractivity contribution in [3.05, 3.63) is 0 Å². The summed E-state index contributed by atoms with van der Waals surface area (Å²) >= 11 is 0. The molecule has 3 heteroatoms. The van der Waals surface area contributed by atoms with Crippen LogP contribution < -0.4 is 5.32 Å². The molecule has 4 atom stereocenters. The maximum absolute atomic E-state index is 3.67. The molecule has 2 saturated heterocycles. The number of hydrogen-bond acceptors (Lipinski definition) is 3. The molecule has 1 aliphatic carbocycles. The molecule has 0 aromatic heterocycles. The average molecular weight is 279 g/mol. The molecule has 116 valence electrons. The van der Waals surface area contributed by atoms with E-state index in [0.29, 0.717) is 11.5 Å². The van der Waals surface area contributed by atoms with Gasteiger partial charge in [-0.25, -0.2) is 0 Å². The van der Waals surface area contributed by atoms with Gasteiger partial charge in [-0.05, 0) is 51.6 Å². The maximum atomic E-state index is 3.67. The van der Waals surface area contributed by atoms with Gasteiger partial charge in [0.1, 0.15) is 0 Å². The first-order valence-electron chi connectivity index (χ1n) is 8.70. The molecule has 3 nitrogen and oxygen atoms in total. The Morgan fingerprint density at radius 1 is 1.10 bits per heavy atom. The Balaban J connectivity index is 1.76. The van der Waals surface area contributed by atoms with Crippen molar-refractivity contribution in [2.75, 3.05) is 26.7 Å². The second-order valence-corrected chi connectivity index (χ2v) is 8.05. The Morgan fingerprint density at radius 2 is 1.90 bits per heavy atom. The topological polar surface area (TPSA) is 18.5 Å². The van der Waals surface area contributed by atoms with Gasteiger partial charge in [0.25, 0.3) is 0 Å². The molecule has 0 bridgehead atoms. The van der Waals surface area contributed by atoms with E-state index in [9.17, 15) is 0 Å². The van der Waals surface area contributed by atoms with Crippen molar-refractivity contribution >= 4 is 0 Å². The van der Waals surface area contributed by atoms with Crippen LogP contribution in [0.25, 0.3) is 0 Å². The predicted octanol–water partition coefficient (Wildman–Crippen LogP) is 2.32. The summed E-state index contributed by atoms with van der Waals surface area (Å²) in [4.78, 5) is 5.60. The molecule has 0 radical (unpaired) electrons. The highest BCUT2D eigenvalue weighted by Crippen LogP contribution is 2.39. The second-order valence-electron chi connectivity index (χ2n) is 8.05. The van der Waals surface area contributed by atoms with Gasteiger partial charge in [0.15, 0.2) is 0 Å². The Labute approximate surface area is 125 Å². The van der Waals surface area contributed by atoms with E-state index in [4.69, 9.17) is 0 Å². The summed E-state index contributed by atoms with van der Waals surface area (Å²) in [7, 11) is 2.17. The highest BCUT2D eigenvalue weighted by Gasteiger charge is 2.45. The van der Waals surface area contributed by atoms with Crippen LogP contribution in [0.5, 0.6) is 0 Å². The van der Waals surface area contributed by atoms with E-state index in [1.165, 1.54) is 51.7 Å². The Hall–Kier alpha value is -0.120. The standard InChI is InChI=1S/C17H33N3/c1-13-11-19-10-6-7-14(19)12-20(13)15-8-5-9-17(2,3)16(15)18-4/h13-16,18H,5-12H2,1-4H3. The summed E-state index contributed by atoms with van der Waals surface area (Å²) < 4.78 is 0. The summed E-state index contributed by atoms with van der Waals surface area (Å²) in [5.41, 5.74) is 0.435. The molecule has 3 rings (SSSR count). The fourth-order valence-electron chi connectivity index (χ4n) is 5.22. The van der Waals surface area contributed by atoms with Gasteiger partial charge in [-0.15, -0.1) is 0 Å². The van der Waals surface area contributed by atoms with Crippen LogP contribution in [0.1, 0.15) is 52.9 Å². The number of nitrogens with one attached hydrogen (secondary N) is 1. The van der Waals surface area contributed by atoms with Crippen LogP contribution in [0, 0.1) is 5.41 Å². The molecule has 3 aliphatic rings. The molecule has 0 spiro atoms. The smallest absolute Gasteiger partial charge is 0.0271 e. The van der Waals surface area contributed by atoms with Crippen molar-refractivity contribution in [1.82, 2.24) is 15.1 Å². The normalized spacial score (nSPS) is 42.6. The SMILES string of the molecule is CNC1C(N2CC3CCCN3CC2C)CCCC1(C)C. The molecule has 4 unspecified atom stereocenters. The minimum absolute atomic E-state index is 0.435. The second kappa shape index (κ2) is 5.58. The molecule has 20 heavy (non-hydrogen) atoms. The summed E-state index contributed by atoms with van der Waals surface area (Å²) in [6, 6.07) is 2.95. The number of hydrogen-bond donors (Lipinski definition) is 1. The molecule has 1 N–H and O–H groups in total. The molecule has 0 amide bonds. The Kier molecular flexibility index (Phi) is 4.13. The summed E-state index contributed by atoms with van der Waals surface area (Å²) in [6.07, 6.45) is 6.98. The summed E-state index contributed by atoms with van der Waals surface area (Å²) in [5.74, 6) is 0. The Bertz CT molecular complexity index is 341. The van der Waals surface area contributed by atoms with E-state index >= 15 is 0 Å². The summed E-state index contributed by atoms with van der Waals surface area (Å²) in [6.45, 7) is 11.3. The minimum Gasteiger partial charge on any atom is -0.315 e. The highest BCUT2D eigenvalue weighted by atomic mass is 15.3. The zero-order valence-electron chi connectivity index (χ0n) is 13.9. The largest absolute Gasteiger partial charge is 0.315 e. The van der Waals surface area contributed by atoms with E-state index in [0.717, 1.165) is 18.1 Å². The third kappa shape index (κ3) is 2.53. The van der Waals surface area contributed by atoms with E-state index in [-0.39, 0.29) is 0 Å². The van der Waals surface area contributed by atoms with Crippen molar-refractivity contribution in [2.45, 2.75) is 77.0 Å². The molecule has 2 heterocycles. The highest BCUT2D eigenvalue weighted by molar-refractivity contribution is 5.02. The Morgan fingerprint density at radius 3 is 2.65 bits per heavy atom. The molecular formula is C17H33N3. The molecule has 1 saturated carbocycles. The van der Waals surface area contributed by atoms with Crippen LogP contribution in [0.3, 0.4) is 0 Å². The predicted molar refractivity (Wildman–Crippen MR) is 85.0 cm³/mol. The number of piperazine rings is 1. The molecule has 0 aromatic rings. The number of likely N-dealkylation sites (N-methyl/N-ethyl adjacent to an activating group) is 1. The van der Waals surface area contributed by atoms with Gasteiger partial charge < -0.3 is 5.32 Å². The van der Waals surface area contributed by atoms with E-state index in [1.54, 1.807) is 0 Å². The van der Waals surface area contributed by atoms with Crippen molar-refractivity contribution in [3.63, 3.8) is 0 Å². The van der Waals surface area contributed by atoms with Gasteiger partial charge in [0.05, 0.1) is 0 Å². The van der Waals surface area contributed by atoms with Crippen molar-refractivity contribution in [2.24, 2.45) is 5.41 Å². The fraction of sp³-hybridized carbons (Fsp3) is 1.00. The molecular weight excluding hydrogens is 246 g/mol. The number of nitrogens with zero attached hydrogens (tertiary/aromatic N) is 2. The molecule has 0 aromatic carbocycles. The van der Waals surface area contributed by atoms with E-state index < -0.39 is 0 Å². The zero-order chi connectivity index (χ0) is 14.3. The third-order valence-electron chi connectivity index (χ3n) is 6.27. The zero-order valence-corrected chi connectivity index (χ0v) is 13.9. The first kappa shape index (κ1) is 14.8.